The van der Waals surface area contributed by atoms with Gasteiger partial charge in [-0.1, -0.05) is 18.2 Å². The molecule has 27 heavy (non-hydrogen) atoms. The van der Waals surface area contributed by atoms with E-state index in [1.54, 1.807) is 0 Å². The van der Waals surface area contributed by atoms with Gasteiger partial charge in [-0.25, -0.2) is 0 Å². The van der Waals surface area contributed by atoms with Crippen LogP contribution in [0.3, 0.4) is 0 Å². The summed E-state index contributed by atoms with van der Waals surface area (Å²) in [6.07, 6.45) is 3.32. The average molecular weight is 364 g/mol. The highest BCUT2D eigenvalue weighted by molar-refractivity contribution is 5.76. The SMILES string of the molecule is Cc1cccc(N2CCN(CCC(=O)N3CCc4ncccc4C3)CC2)c1. The van der Waals surface area contributed by atoms with Gasteiger partial charge in [0.05, 0.1) is 0 Å². The molecule has 142 valence electrons. The Labute approximate surface area is 161 Å². The minimum absolute atomic E-state index is 0.269. The van der Waals surface area contributed by atoms with Crippen LogP contribution in [0, 0.1) is 6.92 Å². The van der Waals surface area contributed by atoms with Gasteiger partial charge < -0.3 is 9.80 Å². The van der Waals surface area contributed by atoms with Gasteiger partial charge >= 0.3 is 0 Å². The van der Waals surface area contributed by atoms with Crippen molar-refractivity contribution >= 4 is 11.6 Å². The van der Waals surface area contributed by atoms with E-state index in [2.05, 4.69) is 52.0 Å². The molecular formula is C22H28N4O. The van der Waals surface area contributed by atoms with Gasteiger partial charge in [0.15, 0.2) is 0 Å². The molecule has 1 saturated heterocycles. The van der Waals surface area contributed by atoms with E-state index in [0.29, 0.717) is 13.0 Å². The molecule has 3 heterocycles. The van der Waals surface area contributed by atoms with Crippen molar-refractivity contribution in [1.29, 1.82) is 0 Å². The van der Waals surface area contributed by atoms with Gasteiger partial charge in [0.1, 0.15) is 0 Å². The first-order valence-corrected chi connectivity index (χ1v) is 9.93. The van der Waals surface area contributed by atoms with E-state index < -0.39 is 0 Å². The highest BCUT2D eigenvalue weighted by atomic mass is 16.2. The summed E-state index contributed by atoms with van der Waals surface area (Å²) < 4.78 is 0. The maximum absolute atomic E-state index is 12.6. The van der Waals surface area contributed by atoms with E-state index in [0.717, 1.165) is 51.4 Å². The molecule has 2 aliphatic heterocycles. The summed E-state index contributed by atoms with van der Waals surface area (Å²) in [6.45, 7) is 8.60. The summed E-state index contributed by atoms with van der Waals surface area (Å²) >= 11 is 0. The topological polar surface area (TPSA) is 39.7 Å². The number of carbonyl (C=O) groups excluding carboxylic acids is 1. The molecule has 1 aromatic carbocycles. The Balaban J connectivity index is 1.24. The standard InChI is InChI=1S/C22H28N4O/c1-18-4-2-6-20(16-18)25-14-12-24(13-15-25)10-8-22(27)26-11-7-21-19(17-26)5-3-9-23-21/h2-6,9,16H,7-8,10-15,17H2,1H3. The maximum atomic E-state index is 12.6. The fourth-order valence-electron chi connectivity index (χ4n) is 4.04. The normalized spacial score (nSPS) is 17.7. The zero-order valence-electron chi connectivity index (χ0n) is 16.1. The van der Waals surface area contributed by atoms with Crippen LogP contribution in [0.5, 0.6) is 0 Å². The van der Waals surface area contributed by atoms with Crippen molar-refractivity contribution < 1.29 is 4.79 Å². The first-order valence-electron chi connectivity index (χ1n) is 9.93. The maximum Gasteiger partial charge on any atom is 0.224 e. The van der Waals surface area contributed by atoms with Crippen molar-refractivity contribution in [3.63, 3.8) is 0 Å². The van der Waals surface area contributed by atoms with Crippen molar-refractivity contribution in [2.45, 2.75) is 26.3 Å². The molecule has 4 rings (SSSR count). The molecule has 1 fully saturated rings. The molecule has 0 bridgehead atoms. The van der Waals surface area contributed by atoms with Gasteiger partial charge in [-0.15, -0.1) is 0 Å². The number of rotatable bonds is 4. The molecule has 5 heteroatoms. The Morgan fingerprint density at radius 1 is 1.07 bits per heavy atom. The van der Waals surface area contributed by atoms with E-state index >= 15 is 0 Å². The first-order chi connectivity index (χ1) is 13.2. The number of hydrogen-bond donors (Lipinski definition) is 0. The predicted molar refractivity (Wildman–Crippen MR) is 108 cm³/mol. The number of benzene rings is 1. The molecule has 0 aliphatic carbocycles. The third-order valence-electron chi connectivity index (χ3n) is 5.70. The molecule has 0 spiro atoms. The highest BCUT2D eigenvalue weighted by Crippen LogP contribution is 2.19. The van der Waals surface area contributed by atoms with E-state index in [1.165, 1.54) is 16.8 Å². The van der Waals surface area contributed by atoms with Gasteiger partial charge in [0.25, 0.3) is 0 Å². The van der Waals surface area contributed by atoms with E-state index in [-0.39, 0.29) is 5.91 Å². The van der Waals surface area contributed by atoms with Gasteiger partial charge in [-0.05, 0) is 36.2 Å². The number of pyridine rings is 1. The van der Waals surface area contributed by atoms with Crippen molar-refractivity contribution in [1.82, 2.24) is 14.8 Å². The third-order valence-corrected chi connectivity index (χ3v) is 5.70. The van der Waals surface area contributed by atoms with Crippen LogP contribution in [0.2, 0.25) is 0 Å². The van der Waals surface area contributed by atoms with Gasteiger partial charge in [0, 0.05) is 76.2 Å². The van der Waals surface area contributed by atoms with Crippen LogP contribution in [-0.4, -0.2) is 60.0 Å². The lowest BCUT2D eigenvalue weighted by Crippen LogP contribution is -2.47. The number of hydrogen-bond acceptors (Lipinski definition) is 4. The van der Waals surface area contributed by atoms with Crippen LogP contribution < -0.4 is 4.90 Å². The number of fused-ring (bicyclic) bond motifs is 1. The molecule has 1 amide bonds. The Bertz CT molecular complexity index is 798. The number of anilines is 1. The molecule has 0 radical (unpaired) electrons. The summed E-state index contributed by atoms with van der Waals surface area (Å²) in [5, 5.41) is 0. The van der Waals surface area contributed by atoms with Gasteiger partial charge in [-0.3, -0.25) is 14.7 Å². The number of nitrogens with zero attached hydrogens (tertiary/aromatic N) is 4. The van der Waals surface area contributed by atoms with Crippen LogP contribution in [-0.2, 0) is 17.8 Å². The molecular weight excluding hydrogens is 336 g/mol. The molecule has 1 aromatic heterocycles. The lowest BCUT2D eigenvalue weighted by atomic mass is 10.1. The quantitative estimate of drug-likeness (QED) is 0.836. The van der Waals surface area contributed by atoms with E-state index in [1.807, 2.05) is 17.2 Å². The lowest BCUT2D eigenvalue weighted by Gasteiger charge is -2.36. The van der Waals surface area contributed by atoms with Gasteiger partial charge in [-0.2, -0.15) is 0 Å². The molecule has 0 saturated carbocycles. The minimum Gasteiger partial charge on any atom is -0.369 e. The first kappa shape index (κ1) is 18.0. The summed E-state index contributed by atoms with van der Waals surface area (Å²) in [5.74, 6) is 0.269. The van der Waals surface area contributed by atoms with Crippen LogP contribution in [0.4, 0.5) is 5.69 Å². The van der Waals surface area contributed by atoms with E-state index in [9.17, 15) is 4.79 Å². The largest absolute Gasteiger partial charge is 0.369 e. The fourth-order valence-corrected chi connectivity index (χ4v) is 4.04. The van der Waals surface area contributed by atoms with Crippen molar-refractivity contribution in [2.75, 3.05) is 44.2 Å². The molecule has 2 aromatic rings. The average Bonchev–Trinajstić information content (AvgIpc) is 2.72. The van der Waals surface area contributed by atoms with E-state index in [4.69, 9.17) is 0 Å². The number of aryl methyl sites for hydroxylation is 1. The van der Waals surface area contributed by atoms with Crippen LogP contribution in [0.15, 0.2) is 42.6 Å². The minimum atomic E-state index is 0.269. The molecule has 0 unspecified atom stereocenters. The Morgan fingerprint density at radius 2 is 1.93 bits per heavy atom. The second-order valence-corrected chi connectivity index (χ2v) is 7.59. The van der Waals surface area contributed by atoms with Crippen molar-refractivity contribution in [2.24, 2.45) is 0 Å². The van der Waals surface area contributed by atoms with Crippen LogP contribution in [0.25, 0.3) is 0 Å². The fraction of sp³-hybridized carbons (Fsp3) is 0.455. The predicted octanol–water partition coefficient (Wildman–Crippen LogP) is 2.49. The lowest BCUT2D eigenvalue weighted by molar-refractivity contribution is -0.132. The monoisotopic (exact) mass is 364 g/mol. The third kappa shape index (κ3) is 4.30. The second-order valence-electron chi connectivity index (χ2n) is 7.59. The zero-order chi connectivity index (χ0) is 18.6. The molecule has 2 aliphatic rings. The van der Waals surface area contributed by atoms with Crippen LogP contribution >= 0.6 is 0 Å². The summed E-state index contributed by atoms with van der Waals surface area (Å²) in [4.78, 5) is 23.9. The van der Waals surface area contributed by atoms with Crippen molar-refractivity contribution in [3.8, 4) is 0 Å². The number of piperazine rings is 1. The van der Waals surface area contributed by atoms with Crippen LogP contribution in [0.1, 0.15) is 23.2 Å². The van der Waals surface area contributed by atoms with Gasteiger partial charge in [0.2, 0.25) is 5.91 Å². The molecule has 0 N–H and O–H groups in total. The smallest absolute Gasteiger partial charge is 0.224 e. The summed E-state index contributed by atoms with van der Waals surface area (Å²) in [5.41, 5.74) is 4.96. The number of amides is 1. The Hall–Kier alpha value is -2.40. The second kappa shape index (κ2) is 8.09. The Kier molecular flexibility index (Phi) is 5.39. The summed E-state index contributed by atoms with van der Waals surface area (Å²) in [7, 11) is 0. The number of carbonyl (C=O) groups is 1. The van der Waals surface area contributed by atoms with Crippen molar-refractivity contribution in [3.05, 3.63) is 59.4 Å². The molecule has 0 atom stereocenters. The molecule has 5 nitrogen and oxygen atoms in total. The zero-order valence-corrected chi connectivity index (χ0v) is 16.1. The Morgan fingerprint density at radius 3 is 2.74 bits per heavy atom. The number of aromatic nitrogens is 1. The summed E-state index contributed by atoms with van der Waals surface area (Å²) in [6, 6.07) is 12.8. The highest BCUT2D eigenvalue weighted by Gasteiger charge is 2.23.